The van der Waals surface area contributed by atoms with Gasteiger partial charge in [0.1, 0.15) is 11.9 Å². The summed E-state index contributed by atoms with van der Waals surface area (Å²) in [6.07, 6.45) is -2.18. The van der Waals surface area contributed by atoms with Crippen LogP contribution in [-0.4, -0.2) is 16.1 Å². The van der Waals surface area contributed by atoms with Crippen LogP contribution in [0.4, 0.5) is 13.2 Å². The first-order chi connectivity index (χ1) is 15.3. The number of aliphatic carboxylic acids is 1. The quantitative estimate of drug-likeness (QED) is 0.400. The second kappa shape index (κ2) is 10.3. The number of pyridine rings is 1. The van der Waals surface area contributed by atoms with Crippen LogP contribution >= 0.6 is 0 Å². The highest BCUT2D eigenvalue weighted by molar-refractivity contribution is 5.70. The Balaban J connectivity index is 1.82. The summed E-state index contributed by atoms with van der Waals surface area (Å²) in [5.41, 5.74) is 1.82. The lowest BCUT2D eigenvalue weighted by Gasteiger charge is -2.19. The van der Waals surface area contributed by atoms with Gasteiger partial charge in [0.05, 0.1) is 23.4 Å². The van der Waals surface area contributed by atoms with Gasteiger partial charge in [-0.3, -0.25) is 4.79 Å². The largest absolute Gasteiger partial charge is 0.484 e. The van der Waals surface area contributed by atoms with Gasteiger partial charge in [0.25, 0.3) is 0 Å². The van der Waals surface area contributed by atoms with Gasteiger partial charge in [0, 0.05) is 5.56 Å². The van der Waals surface area contributed by atoms with E-state index in [0.29, 0.717) is 28.3 Å². The normalized spacial score (nSPS) is 12.4. The van der Waals surface area contributed by atoms with Gasteiger partial charge in [-0.15, -0.1) is 0 Å². The molecule has 4 nitrogen and oxygen atoms in total. The molecule has 0 saturated heterocycles. The molecule has 32 heavy (non-hydrogen) atoms. The molecule has 0 amide bonds. The molecule has 0 spiro atoms. The Labute approximate surface area is 184 Å². The molecule has 0 unspecified atom stereocenters. The smallest absolute Gasteiger partial charge is 0.416 e. The summed E-state index contributed by atoms with van der Waals surface area (Å²) < 4.78 is 44.7. The highest BCUT2D eigenvalue weighted by Gasteiger charge is 2.30. The molecule has 168 valence electrons. The van der Waals surface area contributed by atoms with Crippen molar-refractivity contribution in [3.63, 3.8) is 0 Å². The van der Waals surface area contributed by atoms with Gasteiger partial charge in [-0.05, 0) is 54.8 Å². The van der Waals surface area contributed by atoms with Gasteiger partial charge in [0.2, 0.25) is 0 Å². The zero-order chi connectivity index (χ0) is 23.1. The van der Waals surface area contributed by atoms with E-state index in [-0.39, 0.29) is 12.5 Å². The van der Waals surface area contributed by atoms with E-state index in [0.717, 1.165) is 31.4 Å². The zero-order valence-corrected chi connectivity index (χ0v) is 17.6. The van der Waals surface area contributed by atoms with Crippen LogP contribution in [0.5, 0.6) is 5.75 Å². The number of hydrogen-bond donors (Lipinski definition) is 1. The van der Waals surface area contributed by atoms with E-state index in [2.05, 4.69) is 11.9 Å². The first-order valence-corrected chi connectivity index (χ1v) is 10.4. The molecular formula is C25H24F3NO3. The van der Waals surface area contributed by atoms with Crippen molar-refractivity contribution in [2.75, 3.05) is 0 Å². The van der Waals surface area contributed by atoms with E-state index in [4.69, 9.17) is 9.84 Å². The molecule has 0 radical (unpaired) electrons. The van der Waals surface area contributed by atoms with Gasteiger partial charge in [-0.1, -0.05) is 43.7 Å². The molecule has 3 rings (SSSR count). The average Bonchev–Trinajstić information content (AvgIpc) is 2.77. The van der Waals surface area contributed by atoms with Crippen molar-refractivity contribution in [2.24, 2.45) is 0 Å². The predicted octanol–water partition coefficient (Wildman–Crippen LogP) is 6.70. The number of carboxylic acid groups (broad SMARTS) is 1. The van der Waals surface area contributed by atoms with E-state index in [9.17, 15) is 18.0 Å². The Hall–Kier alpha value is -3.35. The van der Waals surface area contributed by atoms with Crippen LogP contribution in [0.2, 0.25) is 0 Å². The summed E-state index contributed by atoms with van der Waals surface area (Å²) in [5, 5.41) is 8.91. The van der Waals surface area contributed by atoms with Crippen LogP contribution in [0, 0.1) is 0 Å². The fraction of sp³-hybridized carbons (Fsp3) is 0.280. The van der Waals surface area contributed by atoms with Gasteiger partial charge in [0.15, 0.2) is 0 Å². The number of ether oxygens (including phenoxy) is 1. The van der Waals surface area contributed by atoms with Crippen LogP contribution in [0.25, 0.3) is 11.3 Å². The minimum atomic E-state index is -4.38. The third kappa shape index (κ3) is 6.33. The molecule has 3 aromatic rings. The fourth-order valence-electron chi connectivity index (χ4n) is 3.30. The number of nitrogens with zero attached hydrogens (tertiary/aromatic N) is 1. The first kappa shape index (κ1) is 23.3. The SMILES string of the molecule is CCCC[C@H](Oc1ccc(CC(=O)O)cc1)c1cccc(-c2ccc(C(F)(F)F)cc2)n1. The number of carboxylic acids is 1. The number of carbonyl (C=O) groups is 1. The Kier molecular flexibility index (Phi) is 7.51. The third-order valence-electron chi connectivity index (χ3n) is 4.99. The number of rotatable bonds is 9. The summed E-state index contributed by atoms with van der Waals surface area (Å²) in [4.78, 5) is 15.5. The Morgan fingerprint density at radius 3 is 2.31 bits per heavy atom. The molecule has 0 aliphatic carbocycles. The predicted molar refractivity (Wildman–Crippen MR) is 115 cm³/mol. The Morgan fingerprint density at radius 1 is 1.03 bits per heavy atom. The van der Waals surface area contributed by atoms with Crippen LogP contribution in [0.3, 0.4) is 0 Å². The highest BCUT2D eigenvalue weighted by atomic mass is 19.4. The molecule has 0 bridgehead atoms. The molecule has 0 aliphatic heterocycles. The lowest BCUT2D eigenvalue weighted by Crippen LogP contribution is -2.10. The number of alkyl halides is 3. The van der Waals surface area contributed by atoms with Crippen molar-refractivity contribution in [3.8, 4) is 17.0 Å². The maximum Gasteiger partial charge on any atom is 0.416 e. The maximum absolute atomic E-state index is 12.8. The van der Waals surface area contributed by atoms with Crippen molar-refractivity contribution in [1.29, 1.82) is 0 Å². The lowest BCUT2D eigenvalue weighted by atomic mass is 10.1. The van der Waals surface area contributed by atoms with Crippen molar-refractivity contribution >= 4 is 5.97 Å². The number of benzene rings is 2. The molecule has 0 saturated carbocycles. The maximum atomic E-state index is 12.8. The summed E-state index contributed by atoms with van der Waals surface area (Å²) in [6.45, 7) is 2.07. The van der Waals surface area contributed by atoms with Crippen molar-refractivity contribution in [2.45, 2.75) is 44.9 Å². The topological polar surface area (TPSA) is 59.4 Å². The number of unbranched alkanes of at least 4 members (excludes halogenated alkanes) is 1. The van der Waals surface area contributed by atoms with Gasteiger partial charge < -0.3 is 9.84 Å². The second-order valence-corrected chi connectivity index (χ2v) is 7.49. The minimum Gasteiger partial charge on any atom is -0.484 e. The van der Waals surface area contributed by atoms with Crippen molar-refractivity contribution in [3.05, 3.63) is 83.6 Å². The molecule has 1 aromatic heterocycles. The second-order valence-electron chi connectivity index (χ2n) is 7.49. The van der Waals surface area contributed by atoms with E-state index in [1.165, 1.54) is 12.1 Å². The first-order valence-electron chi connectivity index (χ1n) is 10.4. The van der Waals surface area contributed by atoms with Crippen LogP contribution in [0.15, 0.2) is 66.7 Å². The number of aromatic nitrogens is 1. The van der Waals surface area contributed by atoms with Crippen molar-refractivity contribution < 1.29 is 27.8 Å². The van der Waals surface area contributed by atoms with Crippen LogP contribution in [0.1, 0.15) is 49.1 Å². The standard InChI is InChI=1S/C25H24F3NO3/c1-2-3-7-23(32-20-14-8-17(9-15-20)16-24(30)31)22-6-4-5-21(29-22)18-10-12-19(13-11-18)25(26,27)28/h4-6,8-15,23H,2-3,7,16H2,1H3,(H,30,31)/t23-/m0/s1. The summed E-state index contributed by atoms with van der Waals surface area (Å²) in [5.74, 6) is -0.300. The van der Waals surface area contributed by atoms with Crippen LogP contribution < -0.4 is 4.74 Å². The number of halogens is 3. The molecule has 1 heterocycles. The fourth-order valence-corrected chi connectivity index (χ4v) is 3.30. The zero-order valence-electron chi connectivity index (χ0n) is 17.6. The van der Waals surface area contributed by atoms with E-state index in [1.54, 1.807) is 30.3 Å². The van der Waals surface area contributed by atoms with E-state index < -0.39 is 17.7 Å². The number of hydrogen-bond acceptors (Lipinski definition) is 3. The Bertz CT molecular complexity index is 1030. The summed E-state index contributed by atoms with van der Waals surface area (Å²) in [6, 6.07) is 17.2. The van der Waals surface area contributed by atoms with E-state index in [1.807, 2.05) is 12.1 Å². The molecule has 1 atom stereocenters. The summed E-state index contributed by atoms with van der Waals surface area (Å²) >= 11 is 0. The molecule has 2 aromatic carbocycles. The van der Waals surface area contributed by atoms with Crippen LogP contribution in [-0.2, 0) is 17.4 Å². The average molecular weight is 443 g/mol. The van der Waals surface area contributed by atoms with Crippen molar-refractivity contribution in [1.82, 2.24) is 4.98 Å². The van der Waals surface area contributed by atoms with E-state index >= 15 is 0 Å². The van der Waals surface area contributed by atoms with Gasteiger partial charge >= 0.3 is 12.1 Å². The molecule has 0 fully saturated rings. The molecular weight excluding hydrogens is 419 g/mol. The van der Waals surface area contributed by atoms with Gasteiger partial charge in [-0.25, -0.2) is 4.98 Å². The Morgan fingerprint density at radius 2 is 1.72 bits per heavy atom. The van der Waals surface area contributed by atoms with Gasteiger partial charge in [-0.2, -0.15) is 13.2 Å². The third-order valence-corrected chi connectivity index (χ3v) is 4.99. The lowest BCUT2D eigenvalue weighted by molar-refractivity contribution is -0.138. The molecule has 7 heteroatoms. The monoisotopic (exact) mass is 443 g/mol. The summed E-state index contributed by atoms with van der Waals surface area (Å²) in [7, 11) is 0. The molecule has 0 aliphatic rings. The molecule has 1 N–H and O–H groups in total. The highest BCUT2D eigenvalue weighted by Crippen LogP contribution is 2.32. The minimum absolute atomic E-state index is 0.0593.